The minimum Gasteiger partial charge on any atom is -0.367 e. The summed E-state index contributed by atoms with van der Waals surface area (Å²) in [6, 6.07) is 4.93. The molecular formula is C10H11FN2. The number of nitrogens with one attached hydrogen (secondary N) is 1. The average molecular weight is 178 g/mol. The molecule has 1 atom stereocenters. The van der Waals surface area contributed by atoms with E-state index in [2.05, 4.69) is 10.3 Å². The van der Waals surface area contributed by atoms with Crippen LogP contribution in [-0.4, -0.2) is 5.84 Å². The van der Waals surface area contributed by atoms with E-state index in [1.807, 2.05) is 13.8 Å². The summed E-state index contributed by atoms with van der Waals surface area (Å²) in [5, 5.41) is 3.18. The van der Waals surface area contributed by atoms with Crippen molar-refractivity contribution in [2.24, 2.45) is 4.99 Å². The van der Waals surface area contributed by atoms with E-state index in [-0.39, 0.29) is 11.9 Å². The maximum atomic E-state index is 12.9. The van der Waals surface area contributed by atoms with E-state index < -0.39 is 0 Å². The third-order valence-corrected chi connectivity index (χ3v) is 2.17. The molecule has 0 fully saturated rings. The van der Waals surface area contributed by atoms with Crippen LogP contribution in [-0.2, 0) is 0 Å². The van der Waals surface area contributed by atoms with Gasteiger partial charge in [0.2, 0.25) is 0 Å². The van der Waals surface area contributed by atoms with Gasteiger partial charge in [-0.1, -0.05) is 6.07 Å². The van der Waals surface area contributed by atoms with Gasteiger partial charge < -0.3 is 5.32 Å². The smallest absolute Gasteiger partial charge is 0.125 e. The standard InChI is InChI=1S/C10H11FN2/c1-6-9-4-3-8(11)5-10(9)13-7(2)12-6/h3-6H,1-2H3,(H,12,13). The second-order valence-electron chi connectivity index (χ2n) is 3.27. The molecule has 0 bridgehead atoms. The van der Waals surface area contributed by atoms with Crippen LogP contribution in [0.1, 0.15) is 25.5 Å². The molecule has 1 aromatic carbocycles. The Kier molecular flexibility index (Phi) is 1.79. The largest absolute Gasteiger partial charge is 0.367 e. The van der Waals surface area contributed by atoms with E-state index in [1.165, 1.54) is 12.1 Å². The molecule has 0 radical (unpaired) electrons. The number of rotatable bonds is 0. The fraction of sp³-hybridized carbons (Fsp3) is 0.300. The van der Waals surface area contributed by atoms with Gasteiger partial charge in [-0.2, -0.15) is 0 Å². The lowest BCUT2D eigenvalue weighted by Crippen LogP contribution is -2.27. The Balaban J connectivity index is 2.56. The lowest BCUT2D eigenvalue weighted by atomic mass is 10.0. The van der Waals surface area contributed by atoms with Gasteiger partial charge in [0.25, 0.3) is 0 Å². The van der Waals surface area contributed by atoms with Crippen LogP contribution in [0.5, 0.6) is 0 Å². The first-order valence-electron chi connectivity index (χ1n) is 4.28. The predicted molar refractivity (Wildman–Crippen MR) is 50.7 cm³/mol. The van der Waals surface area contributed by atoms with Gasteiger partial charge >= 0.3 is 0 Å². The Morgan fingerprint density at radius 3 is 3.00 bits per heavy atom. The molecule has 0 saturated carbocycles. The van der Waals surface area contributed by atoms with Crippen molar-refractivity contribution in [2.45, 2.75) is 19.9 Å². The fourth-order valence-corrected chi connectivity index (χ4v) is 1.58. The van der Waals surface area contributed by atoms with Gasteiger partial charge in [0.1, 0.15) is 5.82 Å². The molecule has 1 N–H and O–H groups in total. The number of hydrogen-bond acceptors (Lipinski definition) is 2. The summed E-state index contributed by atoms with van der Waals surface area (Å²) >= 11 is 0. The molecule has 0 aliphatic carbocycles. The van der Waals surface area contributed by atoms with Crippen LogP contribution in [0.4, 0.5) is 10.1 Å². The van der Waals surface area contributed by atoms with Crippen molar-refractivity contribution in [1.29, 1.82) is 0 Å². The molecule has 0 aromatic heterocycles. The Morgan fingerprint density at radius 1 is 1.46 bits per heavy atom. The molecule has 0 amide bonds. The maximum absolute atomic E-state index is 12.9. The first-order chi connectivity index (χ1) is 6.16. The highest BCUT2D eigenvalue weighted by Crippen LogP contribution is 2.29. The summed E-state index contributed by atoms with van der Waals surface area (Å²) < 4.78 is 12.9. The number of nitrogens with zero attached hydrogens (tertiary/aromatic N) is 1. The van der Waals surface area contributed by atoms with Crippen molar-refractivity contribution in [3.05, 3.63) is 29.6 Å². The van der Waals surface area contributed by atoms with Crippen LogP contribution < -0.4 is 5.32 Å². The normalized spacial score (nSPS) is 20.2. The van der Waals surface area contributed by atoms with Crippen molar-refractivity contribution >= 4 is 11.5 Å². The van der Waals surface area contributed by atoms with Crippen molar-refractivity contribution in [3.8, 4) is 0 Å². The minimum absolute atomic E-state index is 0.216. The quantitative estimate of drug-likeness (QED) is 0.648. The van der Waals surface area contributed by atoms with Crippen LogP contribution >= 0.6 is 0 Å². The van der Waals surface area contributed by atoms with E-state index in [0.29, 0.717) is 0 Å². The lowest BCUT2D eigenvalue weighted by Gasteiger charge is -2.22. The number of halogens is 1. The summed E-state index contributed by atoms with van der Waals surface area (Å²) in [7, 11) is 0. The number of amidine groups is 1. The number of hydrogen-bond donors (Lipinski definition) is 1. The van der Waals surface area contributed by atoms with Crippen molar-refractivity contribution in [2.75, 3.05) is 0 Å². The Bertz CT molecular complexity index is 371. The van der Waals surface area contributed by atoms with E-state index >= 15 is 0 Å². The zero-order valence-corrected chi connectivity index (χ0v) is 7.63. The highest BCUT2D eigenvalue weighted by Gasteiger charge is 2.15. The summed E-state index contributed by atoms with van der Waals surface area (Å²) in [6.45, 7) is 3.92. The van der Waals surface area contributed by atoms with Crippen molar-refractivity contribution in [3.63, 3.8) is 0 Å². The van der Waals surface area contributed by atoms with E-state index in [1.54, 1.807) is 6.07 Å². The van der Waals surface area contributed by atoms with Crippen LogP contribution in [0.25, 0.3) is 0 Å². The molecule has 1 aliphatic heterocycles. The second kappa shape index (κ2) is 2.83. The number of fused-ring (bicyclic) bond motifs is 1. The van der Waals surface area contributed by atoms with Crippen molar-refractivity contribution in [1.82, 2.24) is 5.32 Å². The fourth-order valence-electron chi connectivity index (χ4n) is 1.58. The average Bonchev–Trinajstić information content (AvgIpc) is 2.02. The van der Waals surface area contributed by atoms with Gasteiger partial charge in [-0.25, -0.2) is 9.38 Å². The van der Waals surface area contributed by atoms with Gasteiger partial charge in [0.15, 0.2) is 0 Å². The molecule has 1 heterocycles. The molecule has 13 heavy (non-hydrogen) atoms. The summed E-state index contributed by atoms with van der Waals surface area (Å²) in [5.74, 6) is 0.606. The van der Waals surface area contributed by atoms with E-state index in [0.717, 1.165) is 17.1 Å². The van der Waals surface area contributed by atoms with Crippen LogP contribution in [0.15, 0.2) is 23.2 Å². The number of aliphatic imine (C=N–C) groups is 1. The SMILES string of the molecule is CC1=Nc2cc(F)ccc2C(C)N1. The third kappa shape index (κ3) is 1.41. The van der Waals surface area contributed by atoms with Crippen molar-refractivity contribution < 1.29 is 4.39 Å². The van der Waals surface area contributed by atoms with Crippen LogP contribution in [0.3, 0.4) is 0 Å². The zero-order chi connectivity index (χ0) is 9.42. The lowest BCUT2D eigenvalue weighted by molar-refractivity contribution is 0.623. The van der Waals surface area contributed by atoms with E-state index in [4.69, 9.17) is 0 Å². The minimum atomic E-state index is -0.232. The molecule has 2 rings (SSSR count). The summed E-state index contributed by atoms with van der Waals surface area (Å²) in [6.07, 6.45) is 0. The second-order valence-corrected chi connectivity index (χ2v) is 3.27. The van der Waals surface area contributed by atoms with Crippen LogP contribution in [0.2, 0.25) is 0 Å². The number of benzene rings is 1. The third-order valence-electron chi connectivity index (χ3n) is 2.17. The van der Waals surface area contributed by atoms with Crippen LogP contribution in [0, 0.1) is 5.82 Å². The summed E-state index contributed by atoms with van der Waals surface area (Å²) in [5.41, 5.74) is 1.79. The topological polar surface area (TPSA) is 24.4 Å². The highest BCUT2D eigenvalue weighted by atomic mass is 19.1. The maximum Gasteiger partial charge on any atom is 0.125 e. The predicted octanol–water partition coefficient (Wildman–Crippen LogP) is 2.54. The Hall–Kier alpha value is -1.38. The molecule has 1 aliphatic rings. The molecule has 68 valence electrons. The first-order valence-corrected chi connectivity index (χ1v) is 4.28. The molecule has 1 aromatic rings. The summed E-state index contributed by atoms with van der Waals surface area (Å²) in [4.78, 5) is 4.22. The molecule has 2 nitrogen and oxygen atoms in total. The van der Waals surface area contributed by atoms with E-state index in [9.17, 15) is 4.39 Å². The zero-order valence-electron chi connectivity index (χ0n) is 7.63. The Morgan fingerprint density at radius 2 is 2.23 bits per heavy atom. The molecule has 3 heteroatoms. The first kappa shape index (κ1) is 8.23. The molecule has 0 spiro atoms. The monoisotopic (exact) mass is 178 g/mol. The van der Waals surface area contributed by atoms with Gasteiger partial charge in [-0.15, -0.1) is 0 Å². The highest BCUT2D eigenvalue weighted by molar-refractivity contribution is 5.85. The Labute approximate surface area is 76.5 Å². The molecule has 1 unspecified atom stereocenters. The molecular weight excluding hydrogens is 167 g/mol. The van der Waals surface area contributed by atoms with Gasteiger partial charge in [-0.05, 0) is 31.5 Å². The van der Waals surface area contributed by atoms with Gasteiger partial charge in [0, 0.05) is 0 Å². The van der Waals surface area contributed by atoms with Gasteiger partial charge in [0.05, 0.1) is 17.6 Å². The van der Waals surface area contributed by atoms with Gasteiger partial charge in [-0.3, -0.25) is 0 Å². The molecule has 0 saturated heterocycles.